The molecule has 2 aliphatic rings. The van der Waals surface area contributed by atoms with Crippen molar-refractivity contribution in [3.63, 3.8) is 0 Å². The highest BCUT2D eigenvalue weighted by atomic mass is 35.5. The maximum absolute atomic E-state index is 13.8. The number of amides is 1. The number of carbonyl (C=O) groups is 1. The summed E-state index contributed by atoms with van der Waals surface area (Å²) in [6.45, 7) is 2.56. The number of amidine groups is 1. The molecule has 0 spiro atoms. The molecule has 1 heterocycles. The minimum Gasteiger partial charge on any atom is -0.493 e. The highest BCUT2D eigenvalue weighted by Crippen LogP contribution is 2.41. The lowest BCUT2D eigenvalue weighted by molar-refractivity contribution is -0.124. The SMILES string of the molecule is COc1cc(/C=C2\SC(=Nc3ccccc3)N([C@@H]3CCCC[C@H]3C)C2=O)ccc1OCc1ccc(Cl)c(Cl)c1. The van der Waals surface area contributed by atoms with E-state index in [1.165, 1.54) is 18.2 Å². The number of halogens is 2. The van der Waals surface area contributed by atoms with E-state index in [4.69, 9.17) is 37.7 Å². The molecule has 1 saturated carbocycles. The second kappa shape index (κ2) is 12.5. The molecule has 0 unspecified atom stereocenters. The summed E-state index contributed by atoms with van der Waals surface area (Å²) in [5, 5.41) is 1.73. The van der Waals surface area contributed by atoms with Crippen LogP contribution in [0.4, 0.5) is 5.69 Å². The van der Waals surface area contributed by atoms with Crippen molar-refractivity contribution in [3.8, 4) is 11.5 Å². The fourth-order valence-corrected chi connectivity index (χ4v) is 6.35. The van der Waals surface area contributed by atoms with Gasteiger partial charge in [0.1, 0.15) is 6.61 Å². The Kier molecular flexibility index (Phi) is 8.85. The number of carbonyl (C=O) groups excluding carboxylic acids is 1. The fourth-order valence-electron chi connectivity index (χ4n) is 4.99. The molecule has 3 aromatic rings. The zero-order valence-corrected chi connectivity index (χ0v) is 24.2. The Bertz CT molecular complexity index is 1410. The van der Waals surface area contributed by atoms with Crippen molar-refractivity contribution >= 4 is 57.8 Å². The summed E-state index contributed by atoms with van der Waals surface area (Å²) in [5.74, 6) is 1.61. The van der Waals surface area contributed by atoms with E-state index >= 15 is 0 Å². The Hall–Kier alpha value is -2.93. The molecule has 2 fully saturated rings. The lowest BCUT2D eigenvalue weighted by Gasteiger charge is -2.35. The predicted octanol–water partition coefficient (Wildman–Crippen LogP) is 8.76. The third kappa shape index (κ3) is 6.46. The third-order valence-corrected chi connectivity index (χ3v) is 8.80. The number of nitrogens with zero attached hydrogens (tertiary/aromatic N) is 2. The zero-order valence-electron chi connectivity index (χ0n) is 21.9. The molecule has 202 valence electrons. The fraction of sp³-hybridized carbons (Fsp3) is 0.290. The molecule has 1 aliphatic heterocycles. The number of ether oxygens (including phenoxy) is 2. The first-order valence-electron chi connectivity index (χ1n) is 13.0. The Morgan fingerprint density at radius 3 is 2.54 bits per heavy atom. The first kappa shape index (κ1) is 27.6. The average molecular weight is 582 g/mol. The number of rotatable bonds is 7. The van der Waals surface area contributed by atoms with Crippen LogP contribution in [0.1, 0.15) is 43.7 Å². The Morgan fingerprint density at radius 1 is 1.00 bits per heavy atom. The number of para-hydroxylation sites is 1. The van der Waals surface area contributed by atoms with E-state index < -0.39 is 0 Å². The first-order chi connectivity index (χ1) is 18.9. The maximum Gasteiger partial charge on any atom is 0.267 e. The van der Waals surface area contributed by atoms with Crippen LogP contribution in [0.3, 0.4) is 0 Å². The quantitative estimate of drug-likeness (QED) is 0.262. The molecule has 1 saturated heterocycles. The number of hydrogen-bond donors (Lipinski definition) is 0. The van der Waals surface area contributed by atoms with Crippen LogP contribution >= 0.6 is 35.0 Å². The monoisotopic (exact) mass is 580 g/mol. The van der Waals surface area contributed by atoms with Gasteiger partial charge in [-0.2, -0.15) is 0 Å². The Morgan fingerprint density at radius 2 is 1.79 bits per heavy atom. The minimum atomic E-state index is 0.00680. The van der Waals surface area contributed by atoms with E-state index in [0.29, 0.717) is 39.0 Å². The van der Waals surface area contributed by atoms with Crippen molar-refractivity contribution in [2.24, 2.45) is 10.9 Å². The first-order valence-corrected chi connectivity index (χ1v) is 14.6. The van der Waals surface area contributed by atoms with Gasteiger partial charge in [-0.3, -0.25) is 9.69 Å². The molecule has 1 amide bonds. The zero-order chi connectivity index (χ0) is 27.4. The van der Waals surface area contributed by atoms with Crippen LogP contribution in [0, 0.1) is 5.92 Å². The van der Waals surface area contributed by atoms with Crippen molar-refractivity contribution in [2.45, 2.75) is 45.3 Å². The van der Waals surface area contributed by atoms with Crippen molar-refractivity contribution < 1.29 is 14.3 Å². The normalized spacial score (nSPS) is 21.5. The molecule has 39 heavy (non-hydrogen) atoms. The van der Waals surface area contributed by atoms with Gasteiger partial charge in [-0.25, -0.2) is 4.99 Å². The summed E-state index contributed by atoms with van der Waals surface area (Å²) in [5.41, 5.74) is 2.59. The van der Waals surface area contributed by atoms with Crippen molar-refractivity contribution in [1.29, 1.82) is 0 Å². The molecule has 5 nitrogen and oxygen atoms in total. The Labute approximate surface area is 243 Å². The molecular weight excluding hydrogens is 551 g/mol. The van der Waals surface area contributed by atoms with Crippen LogP contribution in [-0.2, 0) is 11.4 Å². The average Bonchev–Trinajstić information content (AvgIpc) is 3.24. The van der Waals surface area contributed by atoms with Crippen LogP contribution < -0.4 is 9.47 Å². The summed E-state index contributed by atoms with van der Waals surface area (Å²) >= 11 is 13.6. The van der Waals surface area contributed by atoms with E-state index in [1.54, 1.807) is 19.2 Å². The van der Waals surface area contributed by atoms with Crippen LogP contribution in [0.2, 0.25) is 10.0 Å². The van der Waals surface area contributed by atoms with Crippen LogP contribution in [0.15, 0.2) is 76.6 Å². The summed E-state index contributed by atoms with van der Waals surface area (Å²) in [7, 11) is 1.60. The largest absolute Gasteiger partial charge is 0.493 e. The van der Waals surface area contributed by atoms with Gasteiger partial charge in [0, 0.05) is 6.04 Å². The molecule has 0 bridgehead atoms. The molecule has 8 heteroatoms. The second-order valence-corrected chi connectivity index (χ2v) is 11.6. The Balaban J connectivity index is 1.40. The number of aliphatic imine (C=N–C) groups is 1. The van der Waals surface area contributed by atoms with Crippen molar-refractivity contribution in [3.05, 3.63) is 92.8 Å². The summed E-state index contributed by atoms with van der Waals surface area (Å²) < 4.78 is 11.6. The second-order valence-electron chi connectivity index (χ2n) is 9.79. The lowest BCUT2D eigenvalue weighted by atomic mass is 9.85. The number of thioether (sulfide) groups is 1. The van der Waals surface area contributed by atoms with Crippen LogP contribution in [-0.4, -0.2) is 29.1 Å². The molecule has 2 atom stereocenters. The van der Waals surface area contributed by atoms with E-state index in [-0.39, 0.29) is 11.9 Å². The van der Waals surface area contributed by atoms with E-state index in [2.05, 4.69) is 6.92 Å². The third-order valence-electron chi connectivity index (χ3n) is 7.08. The molecule has 5 rings (SSSR count). The number of hydrogen-bond acceptors (Lipinski definition) is 5. The topological polar surface area (TPSA) is 51.1 Å². The van der Waals surface area contributed by atoms with E-state index in [9.17, 15) is 4.79 Å². The van der Waals surface area contributed by atoms with Gasteiger partial charge in [0.05, 0.1) is 27.7 Å². The number of methoxy groups -OCH3 is 1. The predicted molar refractivity (Wildman–Crippen MR) is 161 cm³/mol. The van der Waals surface area contributed by atoms with Crippen LogP contribution in [0.5, 0.6) is 11.5 Å². The van der Waals surface area contributed by atoms with Crippen molar-refractivity contribution in [1.82, 2.24) is 4.90 Å². The number of benzene rings is 3. The summed E-state index contributed by atoms with van der Waals surface area (Å²) in [6.07, 6.45) is 6.36. The summed E-state index contributed by atoms with van der Waals surface area (Å²) in [4.78, 5) is 21.2. The van der Waals surface area contributed by atoms with E-state index in [1.807, 2.05) is 65.6 Å². The van der Waals surface area contributed by atoms with Gasteiger partial charge >= 0.3 is 0 Å². The highest BCUT2D eigenvalue weighted by molar-refractivity contribution is 8.18. The minimum absolute atomic E-state index is 0.00680. The molecule has 0 N–H and O–H groups in total. The molecule has 3 aromatic carbocycles. The molecular formula is C31H30Cl2N2O3S. The molecule has 1 aliphatic carbocycles. The van der Waals surface area contributed by atoms with Crippen LogP contribution in [0.25, 0.3) is 6.08 Å². The van der Waals surface area contributed by atoms with Gasteiger partial charge in [0.25, 0.3) is 5.91 Å². The van der Waals surface area contributed by atoms with Gasteiger partial charge in [0.2, 0.25) is 0 Å². The van der Waals surface area contributed by atoms with Crippen molar-refractivity contribution in [2.75, 3.05) is 7.11 Å². The van der Waals surface area contributed by atoms with Gasteiger partial charge in [-0.05, 0) is 84.1 Å². The standard InChI is InChI=1S/C31H30Cl2N2O3S/c1-20-8-6-7-11-26(20)35-30(36)29(39-31(35)34-23-9-4-3-5-10-23)18-21-13-15-27(28(17-21)37-2)38-19-22-12-14-24(32)25(33)16-22/h3-5,9-10,12-18,20,26H,6-8,11,19H2,1-2H3/b29-18-,34-31?/t20-,26-/m1/s1. The van der Waals surface area contributed by atoms with E-state index in [0.717, 1.165) is 41.2 Å². The maximum atomic E-state index is 13.8. The highest BCUT2D eigenvalue weighted by Gasteiger charge is 2.41. The smallest absolute Gasteiger partial charge is 0.267 e. The van der Waals surface area contributed by atoms with Gasteiger partial charge in [-0.15, -0.1) is 0 Å². The lowest BCUT2D eigenvalue weighted by Crippen LogP contribution is -2.44. The molecule has 0 aromatic heterocycles. The molecule has 0 radical (unpaired) electrons. The van der Waals surface area contributed by atoms with Gasteiger partial charge in [0.15, 0.2) is 16.7 Å². The summed E-state index contributed by atoms with van der Waals surface area (Å²) in [6, 6.07) is 21.0. The van der Waals surface area contributed by atoms with Gasteiger partial charge in [-0.1, -0.05) is 73.3 Å². The van der Waals surface area contributed by atoms with Gasteiger partial charge < -0.3 is 9.47 Å².